The molecule has 0 aliphatic carbocycles. The first-order valence-corrected chi connectivity index (χ1v) is 8.68. The van der Waals surface area contributed by atoms with Gasteiger partial charge in [-0.1, -0.05) is 0 Å². The first-order valence-electron chi connectivity index (χ1n) is 8.68. The van der Waals surface area contributed by atoms with Crippen LogP contribution >= 0.6 is 0 Å². The fourth-order valence-corrected chi connectivity index (χ4v) is 2.85. The molecule has 27 heavy (non-hydrogen) atoms. The van der Waals surface area contributed by atoms with Gasteiger partial charge in [-0.25, -0.2) is 4.99 Å². The van der Waals surface area contributed by atoms with Gasteiger partial charge in [0.05, 0.1) is 11.9 Å². The number of nitrogens with zero attached hydrogens (tertiary/aromatic N) is 5. The molecule has 1 fully saturated rings. The molecule has 0 radical (unpaired) electrons. The quantitative estimate of drug-likeness (QED) is 0.559. The number of hydrogen-bond donors (Lipinski definition) is 2. The smallest absolute Gasteiger partial charge is 0.284 e. The third kappa shape index (κ3) is 4.27. The second-order valence-corrected chi connectivity index (χ2v) is 6.14. The molecule has 2 amide bonds. The molecular formula is C17H23N7O3. The Kier molecular flexibility index (Phi) is 5.43. The van der Waals surface area contributed by atoms with Gasteiger partial charge in [0.1, 0.15) is 18.8 Å². The van der Waals surface area contributed by atoms with Crippen LogP contribution in [0.25, 0.3) is 0 Å². The number of aromatic nitrogens is 2. The van der Waals surface area contributed by atoms with Crippen molar-refractivity contribution in [3.63, 3.8) is 0 Å². The molecule has 0 unspecified atom stereocenters. The highest BCUT2D eigenvalue weighted by Crippen LogP contribution is 2.16. The molecule has 10 heteroatoms. The first-order chi connectivity index (χ1) is 13.0. The normalized spacial score (nSPS) is 15.3. The second-order valence-electron chi connectivity index (χ2n) is 6.14. The number of nitrogens with two attached hydrogens (primary N) is 1. The van der Waals surface area contributed by atoms with Gasteiger partial charge in [-0.15, -0.1) is 0 Å². The number of furan rings is 1. The van der Waals surface area contributed by atoms with Crippen LogP contribution in [0.15, 0.2) is 33.9 Å². The monoisotopic (exact) mass is 373 g/mol. The number of aliphatic imine (C=N–C) groups is 1. The molecule has 0 spiro atoms. The summed E-state index contributed by atoms with van der Waals surface area (Å²) in [7, 11) is 1.82. The lowest BCUT2D eigenvalue weighted by Gasteiger charge is -2.35. The van der Waals surface area contributed by atoms with Crippen molar-refractivity contribution in [1.29, 1.82) is 0 Å². The molecule has 1 aliphatic heterocycles. The summed E-state index contributed by atoms with van der Waals surface area (Å²) in [5.74, 6) is 0.613. The number of anilines is 1. The molecule has 10 nitrogen and oxygen atoms in total. The Morgan fingerprint density at radius 1 is 1.41 bits per heavy atom. The summed E-state index contributed by atoms with van der Waals surface area (Å²) in [5.41, 5.74) is 5.98. The van der Waals surface area contributed by atoms with E-state index in [2.05, 4.69) is 15.4 Å². The molecule has 3 heterocycles. The molecule has 0 atom stereocenters. The number of piperazine rings is 1. The number of carbonyl (C=O) groups is 2. The predicted molar refractivity (Wildman–Crippen MR) is 99.2 cm³/mol. The zero-order chi connectivity index (χ0) is 19.4. The number of guanidine groups is 1. The zero-order valence-electron chi connectivity index (χ0n) is 15.4. The van der Waals surface area contributed by atoms with Gasteiger partial charge < -0.3 is 25.3 Å². The van der Waals surface area contributed by atoms with E-state index in [1.54, 1.807) is 21.8 Å². The summed E-state index contributed by atoms with van der Waals surface area (Å²) >= 11 is 0. The Bertz CT molecular complexity index is 854. The van der Waals surface area contributed by atoms with Crippen molar-refractivity contribution in [1.82, 2.24) is 20.0 Å². The molecule has 3 rings (SSSR count). The zero-order valence-corrected chi connectivity index (χ0v) is 15.4. The van der Waals surface area contributed by atoms with Crippen molar-refractivity contribution >= 4 is 23.5 Å². The van der Waals surface area contributed by atoms with Crippen LogP contribution in [0, 0.1) is 0 Å². The minimum atomic E-state index is -0.616. The molecule has 0 aromatic carbocycles. The van der Waals surface area contributed by atoms with Crippen LogP contribution in [0.5, 0.6) is 0 Å². The highest BCUT2D eigenvalue weighted by molar-refractivity contribution is 5.98. The van der Waals surface area contributed by atoms with E-state index < -0.39 is 5.91 Å². The lowest BCUT2D eigenvalue weighted by molar-refractivity contribution is -0.120. The van der Waals surface area contributed by atoms with Crippen LogP contribution in [0.1, 0.15) is 23.2 Å². The van der Waals surface area contributed by atoms with E-state index in [4.69, 9.17) is 10.2 Å². The molecule has 2 aromatic rings. The Morgan fingerprint density at radius 3 is 2.81 bits per heavy atom. The number of rotatable bonds is 5. The molecule has 0 bridgehead atoms. The molecule has 144 valence electrons. The lowest BCUT2D eigenvalue weighted by atomic mass is 10.3. The molecule has 1 saturated heterocycles. The molecule has 3 N–H and O–H groups in total. The van der Waals surface area contributed by atoms with Gasteiger partial charge in [0.25, 0.3) is 5.91 Å². The number of nitrogens with one attached hydrogen (secondary N) is 1. The van der Waals surface area contributed by atoms with E-state index >= 15 is 0 Å². The minimum absolute atomic E-state index is 0.0196. The fourth-order valence-electron chi connectivity index (χ4n) is 2.85. The van der Waals surface area contributed by atoms with Crippen molar-refractivity contribution in [2.75, 3.05) is 31.1 Å². The molecule has 0 saturated carbocycles. The Morgan fingerprint density at radius 2 is 2.22 bits per heavy atom. The van der Waals surface area contributed by atoms with E-state index in [1.165, 1.54) is 6.07 Å². The van der Waals surface area contributed by atoms with Crippen LogP contribution in [0.2, 0.25) is 0 Å². The Hall–Kier alpha value is -3.30. The van der Waals surface area contributed by atoms with E-state index in [1.807, 2.05) is 25.1 Å². The SMILES string of the molecule is CCNC(=NCc1ccc(C(N)=O)o1)N1CCN(c2cnn(C)c2)C(=O)C1. The number of primary amides is 1. The second kappa shape index (κ2) is 7.94. The highest BCUT2D eigenvalue weighted by atomic mass is 16.3. The van der Waals surface area contributed by atoms with Gasteiger partial charge in [-0.2, -0.15) is 5.10 Å². The molecular weight excluding hydrogens is 350 g/mol. The first kappa shape index (κ1) is 18.5. The van der Waals surface area contributed by atoms with E-state index in [0.717, 1.165) is 5.69 Å². The largest absolute Gasteiger partial charge is 0.454 e. The summed E-state index contributed by atoms with van der Waals surface area (Å²) in [6, 6.07) is 3.19. The third-order valence-corrected chi connectivity index (χ3v) is 4.15. The van der Waals surface area contributed by atoms with Crippen LogP contribution in [-0.4, -0.2) is 58.6 Å². The van der Waals surface area contributed by atoms with Crippen molar-refractivity contribution in [2.24, 2.45) is 17.8 Å². The number of amides is 2. The number of carbonyl (C=O) groups excluding carboxylic acids is 2. The summed E-state index contributed by atoms with van der Waals surface area (Å²) in [5, 5.41) is 7.30. The van der Waals surface area contributed by atoms with Gasteiger partial charge >= 0.3 is 0 Å². The lowest BCUT2D eigenvalue weighted by Crippen LogP contribution is -2.55. The molecule has 1 aliphatic rings. The van der Waals surface area contributed by atoms with Crippen molar-refractivity contribution in [3.8, 4) is 0 Å². The summed E-state index contributed by atoms with van der Waals surface area (Å²) in [6.45, 7) is 4.26. The Balaban J connectivity index is 1.67. The van der Waals surface area contributed by atoms with Crippen LogP contribution in [-0.2, 0) is 18.4 Å². The maximum Gasteiger partial charge on any atom is 0.284 e. The highest BCUT2D eigenvalue weighted by Gasteiger charge is 2.27. The van der Waals surface area contributed by atoms with E-state index in [0.29, 0.717) is 31.4 Å². The van der Waals surface area contributed by atoms with Gasteiger partial charge in [-0.05, 0) is 19.1 Å². The van der Waals surface area contributed by atoms with Gasteiger partial charge in [-0.3, -0.25) is 14.3 Å². The van der Waals surface area contributed by atoms with Crippen LogP contribution in [0.4, 0.5) is 5.69 Å². The van der Waals surface area contributed by atoms with E-state index in [-0.39, 0.29) is 24.8 Å². The summed E-state index contributed by atoms with van der Waals surface area (Å²) in [4.78, 5) is 31.8. The predicted octanol–water partition coefficient (Wildman–Crippen LogP) is -0.0737. The van der Waals surface area contributed by atoms with Crippen LogP contribution < -0.4 is 16.0 Å². The maximum absolute atomic E-state index is 12.6. The van der Waals surface area contributed by atoms with Crippen LogP contribution in [0.3, 0.4) is 0 Å². The van der Waals surface area contributed by atoms with Crippen molar-refractivity contribution in [3.05, 3.63) is 36.0 Å². The maximum atomic E-state index is 12.6. The fraction of sp³-hybridized carbons (Fsp3) is 0.412. The van der Waals surface area contributed by atoms with Crippen molar-refractivity contribution < 1.29 is 14.0 Å². The van der Waals surface area contributed by atoms with E-state index in [9.17, 15) is 9.59 Å². The number of hydrogen-bond acceptors (Lipinski definition) is 5. The van der Waals surface area contributed by atoms with Gasteiger partial charge in [0.2, 0.25) is 5.91 Å². The average Bonchev–Trinajstić information content (AvgIpc) is 3.27. The number of aryl methyl sites for hydroxylation is 1. The van der Waals surface area contributed by atoms with Crippen molar-refractivity contribution in [2.45, 2.75) is 13.5 Å². The minimum Gasteiger partial charge on any atom is -0.454 e. The average molecular weight is 373 g/mol. The summed E-state index contributed by atoms with van der Waals surface area (Å²) < 4.78 is 7.02. The van der Waals surface area contributed by atoms with Gasteiger partial charge in [0.15, 0.2) is 11.7 Å². The topological polar surface area (TPSA) is 122 Å². The molecule has 2 aromatic heterocycles. The Labute approximate surface area is 156 Å². The standard InChI is InChI=1S/C17H23N7O3/c1-3-19-17(20-9-13-4-5-14(27-13)16(18)26)23-6-7-24(15(25)11-23)12-8-21-22(2)10-12/h4-5,8,10H,3,6-7,9,11H2,1-2H3,(H2,18,26)(H,19,20). The van der Waals surface area contributed by atoms with Gasteiger partial charge in [0, 0.05) is 32.9 Å². The third-order valence-electron chi connectivity index (χ3n) is 4.15. The summed E-state index contributed by atoms with van der Waals surface area (Å²) in [6.07, 6.45) is 3.50.